The third-order valence-electron chi connectivity index (χ3n) is 5.56. The summed E-state index contributed by atoms with van der Waals surface area (Å²) in [5, 5.41) is 0. The Kier molecular flexibility index (Phi) is 14.2. The molecule has 150 valence electrons. The topological polar surface area (TPSA) is 37.4 Å². The molecule has 1 atom stereocenters. The van der Waals surface area contributed by atoms with Crippen molar-refractivity contribution >= 4 is 12.2 Å². The molecule has 0 bridgehead atoms. The van der Waals surface area contributed by atoms with Gasteiger partial charge in [0.15, 0.2) is 0 Å². The molecule has 1 rings (SSSR count). The molecule has 0 saturated carbocycles. The van der Waals surface area contributed by atoms with E-state index < -0.39 is 0 Å². The van der Waals surface area contributed by atoms with Gasteiger partial charge < -0.3 is 9.69 Å². The zero-order valence-electron chi connectivity index (χ0n) is 17.1. The monoisotopic (exact) mass is 363 g/mol. The van der Waals surface area contributed by atoms with Crippen LogP contribution in [0, 0.1) is 0 Å². The first-order valence-corrected chi connectivity index (χ1v) is 11.1. The maximum atomic E-state index is 12.4. The molecule has 1 aliphatic rings. The summed E-state index contributed by atoms with van der Waals surface area (Å²) in [5.41, 5.74) is 0. The number of amides is 1. The molecule has 0 aromatic rings. The Balaban J connectivity index is 2.15. The van der Waals surface area contributed by atoms with E-state index in [9.17, 15) is 9.59 Å². The number of allylic oxidation sites excluding steroid dienone is 2. The van der Waals surface area contributed by atoms with Crippen LogP contribution in [0.5, 0.6) is 0 Å². The summed E-state index contributed by atoms with van der Waals surface area (Å²) >= 11 is 0. The van der Waals surface area contributed by atoms with E-state index in [2.05, 4.69) is 24.0 Å². The van der Waals surface area contributed by atoms with Gasteiger partial charge in [0.1, 0.15) is 6.29 Å². The molecule has 0 N–H and O–H groups in total. The molecular formula is C23H41NO2. The first-order chi connectivity index (χ1) is 12.8. The van der Waals surface area contributed by atoms with Crippen LogP contribution < -0.4 is 0 Å². The van der Waals surface area contributed by atoms with Gasteiger partial charge >= 0.3 is 0 Å². The fraction of sp³-hybridized carbons (Fsp3) is 0.826. The maximum Gasteiger partial charge on any atom is 0.222 e. The second-order valence-corrected chi connectivity index (χ2v) is 7.77. The van der Waals surface area contributed by atoms with Gasteiger partial charge in [0.2, 0.25) is 5.91 Å². The zero-order chi connectivity index (χ0) is 18.9. The lowest BCUT2D eigenvalue weighted by atomic mass is 10.00. The second-order valence-electron chi connectivity index (χ2n) is 7.77. The van der Waals surface area contributed by atoms with Gasteiger partial charge in [0.25, 0.3) is 0 Å². The minimum Gasteiger partial charge on any atom is -0.340 e. The third-order valence-corrected chi connectivity index (χ3v) is 5.56. The van der Waals surface area contributed by atoms with Crippen molar-refractivity contribution in [3.63, 3.8) is 0 Å². The van der Waals surface area contributed by atoms with Crippen LogP contribution in [-0.2, 0) is 9.59 Å². The molecule has 26 heavy (non-hydrogen) atoms. The Labute approximate surface area is 161 Å². The van der Waals surface area contributed by atoms with Crippen LogP contribution >= 0.6 is 0 Å². The number of aldehydes is 1. The number of carbonyl (C=O) groups excluding carboxylic acids is 2. The second kappa shape index (κ2) is 16.1. The largest absolute Gasteiger partial charge is 0.340 e. The smallest absolute Gasteiger partial charge is 0.222 e. The van der Waals surface area contributed by atoms with Crippen molar-refractivity contribution in [1.29, 1.82) is 0 Å². The number of unbranched alkanes of at least 4 members (excludes halogenated alkanes) is 8. The first kappa shape index (κ1) is 22.9. The van der Waals surface area contributed by atoms with Crippen molar-refractivity contribution in [2.45, 2.75) is 116 Å². The molecule has 1 unspecified atom stereocenters. The third kappa shape index (κ3) is 10.8. The molecule has 0 aromatic heterocycles. The maximum absolute atomic E-state index is 12.4. The Morgan fingerprint density at radius 2 is 1.58 bits per heavy atom. The van der Waals surface area contributed by atoms with Crippen LogP contribution in [0.15, 0.2) is 12.2 Å². The molecule has 3 heteroatoms. The van der Waals surface area contributed by atoms with Crippen molar-refractivity contribution in [1.82, 2.24) is 4.90 Å². The summed E-state index contributed by atoms with van der Waals surface area (Å²) < 4.78 is 0. The fourth-order valence-electron chi connectivity index (χ4n) is 3.98. The average Bonchev–Trinajstić information content (AvgIpc) is 2.86. The summed E-state index contributed by atoms with van der Waals surface area (Å²) in [6.07, 6.45) is 23.7. The van der Waals surface area contributed by atoms with Gasteiger partial charge in [-0.15, -0.1) is 0 Å². The summed E-state index contributed by atoms with van der Waals surface area (Å²) in [6.45, 7) is 2.99. The first-order valence-electron chi connectivity index (χ1n) is 11.1. The minimum atomic E-state index is 0.289. The Morgan fingerprint density at radius 1 is 0.885 bits per heavy atom. The average molecular weight is 364 g/mol. The molecule has 1 heterocycles. The van der Waals surface area contributed by atoms with Crippen LogP contribution in [0.1, 0.15) is 110 Å². The summed E-state index contributed by atoms with van der Waals surface area (Å²) in [5.74, 6) is 0.316. The lowest BCUT2D eigenvalue weighted by molar-refractivity contribution is -0.133. The van der Waals surface area contributed by atoms with Gasteiger partial charge in [0, 0.05) is 25.4 Å². The number of carbonyl (C=O) groups is 2. The number of nitrogens with zero attached hydrogens (tertiary/aromatic N) is 1. The lowest BCUT2D eigenvalue weighted by Gasteiger charge is -2.31. The van der Waals surface area contributed by atoms with Gasteiger partial charge in [-0.1, -0.05) is 63.5 Å². The van der Waals surface area contributed by atoms with Crippen LogP contribution in [-0.4, -0.2) is 29.7 Å². The Bertz CT molecular complexity index is 392. The van der Waals surface area contributed by atoms with Gasteiger partial charge in [-0.25, -0.2) is 0 Å². The highest BCUT2D eigenvalue weighted by atomic mass is 16.2. The predicted octanol–water partition coefficient (Wildman–Crippen LogP) is 6.21. The highest BCUT2D eigenvalue weighted by Crippen LogP contribution is 2.21. The van der Waals surface area contributed by atoms with E-state index in [4.69, 9.17) is 0 Å². The predicted molar refractivity (Wildman–Crippen MR) is 110 cm³/mol. The van der Waals surface area contributed by atoms with Crippen LogP contribution in [0.4, 0.5) is 0 Å². The van der Waals surface area contributed by atoms with Crippen LogP contribution in [0.25, 0.3) is 0 Å². The Morgan fingerprint density at radius 3 is 2.27 bits per heavy atom. The molecule has 1 saturated heterocycles. The molecule has 0 aromatic carbocycles. The van der Waals surface area contributed by atoms with Gasteiger partial charge in [-0.3, -0.25) is 4.79 Å². The summed E-state index contributed by atoms with van der Waals surface area (Å²) in [7, 11) is 0. The Hall–Kier alpha value is -1.12. The van der Waals surface area contributed by atoms with Crippen molar-refractivity contribution < 1.29 is 9.59 Å². The summed E-state index contributed by atoms with van der Waals surface area (Å²) in [6, 6.07) is 0.289. The standard InChI is InChI=1S/C23H41NO2/c1-2-3-4-5-6-7-8-9-10-11-13-17-22(18-16-21-25)24-20-15-12-14-19-23(24)26/h2-3,21-22H,4-20H2,1H3. The molecule has 0 aliphatic carbocycles. The SMILES string of the molecule is CC=CCCCCCCCCCCC(CCC=O)N1CCCCCC1=O. The van der Waals surface area contributed by atoms with Gasteiger partial charge in [-0.2, -0.15) is 0 Å². The van der Waals surface area contributed by atoms with E-state index in [0.717, 1.165) is 44.9 Å². The highest BCUT2D eigenvalue weighted by molar-refractivity contribution is 5.76. The quantitative estimate of drug-likeness (QED) is 0.197. The molecular weight excluding hydrogens is 322 g/mol. The normalized spacial score (nSPS) is 16.8. The van der Waals surface area contributed by atoms with E-state index in [-0.39, 0.29) is 6.04 Å². The molecule has 0 radical (unpaired) electrons. The number of hydrogen-bond donors (Lipinski definition) is 0. The van der Waals surface area contributed by atoms with Crippen LogP contribution in [0.3, 0.4) is 0 Å². The van der Waals surface area contributed by atoms with E-state index >= 15 is 0 Å². The van der Waals surface area contributed by atoms with Crippen molar-refractivity contribution in [2.24, 2.45) is 0 Å². The van der Waals surface area contributed by atoms with Crippen LogP contribution in [0.2, 0.25) is 0 Å². The minimum absolute atomic E-state index is 0.289. The zero-order valence-corrected chi connectivity index (χ0v) is 17.1. The number of likely N-dealkylation sites (tertiary alicyclic amines) is 1. The van der Waals surface area contributed by atoms with Gasteiger partial charge in [-0.05, 0) is 45.4 Å². The number of rotatable bonds is 15. The van der Waals surface area contributed by atoms with Crippen molar-refractivity contribution in [2.75, 3.05) is 6.54 Å². The van der Waals surface area contributed by atoms with Gasteiger partial charge in [0.05, 0.1) is 0 Å². The number of hydrogen-bond acceptors (Lipinski definition) is 2. The van der Waals surface area contributed by atoms with Crippen molar-refractivity contribution in [3.05, 3.63) is 12.2 Å². The van der Waals surface area contributed by atoms with E-state index in [1.54, 1.807) is 0 Å². The molecule has 0 spiro atoms. The van der Waals surface area contributed by atoms with E-state index in [1.165, 1.54) is 57.8 Å². The highest BCUT2D eigenvalue weighted by Gasteiger charge is 2.24. The van der Waals surface area contributed by atoms with Crippen molar-refractivity contribution in [3.8, 4) is 0 Å². The molecule has 1 amide bonds. The van der Waals surface area contributed by atoms with E-state index in [0.29, 0.717) is 18.7 Å². The fourth-order valence-corrected chi connectivity index (χ4v) is 3.98. The summed E-state index contributed by atoms with van der Waals surface area (Å²) in [4.78, 5) is 25.2. The molecule has 3 nitrogen and oxygen atoms in total. The molecule has 1 fully saturated rings. The molecule has 1 aliphatic heterocycles. The lowest BCUT2D eigenvalue weighted by Crippen LogP contribution is -2.40. The van der Waals surface area contributed by atoms with E-state index in [1.807, 2.05) is 0 Å².